The topological polar surface area (TPSA) is 50.7 Å². The molecule has 17 heavy (non-hydrogen) atoms. The predicted octanol–water partition coefficient (Wildman–Crippen LogP) is 2.71. The molecule has 0 amide bonds. The lowest BCUT2D eigenvalue weighted by atomic mass is 9.89. The molecule has 100 valence electrons. The number of hydrogen-bond acceptors (Lipinski definition) is 4. The average Bonchev–Trinajstić information content (AvgIpc) is 2.36. The molecule has 1 aliphatic carbocycles. The quantitative estimate of drug-likeness (QED) is 0.729. The molecule has 1 N–H and O–H groups in total. The first-order valence-corrected chi connectivity index (χ1v) is 6.65. The van der Waals surface area contributed by atoms with E-state index in [0.29, 0.717) is 18.8 Å². The minimum absolute atomic E-state index is 0.216. The Kier molecular flexibility index (Phi) is 5.53. The van der Waals surface area contributed by atoms with Gasteiger partial charge in [-0.3, -0.25) is 0 Å². The Hall–Kier alpha value is -0.480. The monoisotopic (exact) mass is 242 g/mol. The van der Waals surface area contributed by atoms with E-state index in [9.17, 15) is 4.91 Å². The van der Waals surface area contributed by atoms with Crippen molar-refractivity contribution in [3.8, 4) is 0 Å². The number of ether oxygens (including phenoxy) is 1. The van der Waals surface area contributed by atoms with Crippen molar-refractivity contribution >= 4 is 0 Å². The third kappa shape index (κ3) is 4.03. The van der Waals surface area contributed by atoms with Gasteiger partial charge in [0.2, 0.25) is 0 Å². The number of nitrogens with one attached hydrogen (secondary N) is 1. The van der Waals surface area contributed by atoms with Crippen LogP contribution >= 0.6 is 0 Å². The Labute approximate surface area is 104 Å². The number of nitroso groups, excluding NO2 is 1. The van der Waals surface area contributed by atoms with Crippen molar-refractivity contribution in [1.29, 1.82) is 0 Å². The van der Waals surface area contributed by atoms with Crippen LogP contribution in [-0.4, -0.2) is 31.3 Å². The highest BCUT2D eigenvalue weighted by atomic mass is 16.5. The minimum atomic E-state index is -0.583. The zero-order valence-corrected chi connectivity index (χ0v) is 11.5. The average molecular weight is 242 g/mol. The normalized spacial score (nSPS) is 29.0. The predicted molar refractivity (Wildman–Crippen MR) is 70.1 cm³/mol. The summed E-state index contributed by atoms with van der Waals surface area (Å²) in [5.41, 5.74) is -0.583. The third-order valence-electron chi connectivity index (χ3n) is 4.15. The SMILES string of the molecule is CNC1CCC(OCC(C)(N=O)C(C)C)CC1. The minimum Gasteiger partial charge on any atom is -0.376 e. The molecule has 0 aromatic rings. The Morgan fingerprint density at radius 2 is 1.94 bits per heavy atom. The van der Waals surface area contributed by atoms with E-state index in [0.717, 1.165) is 25.7 Å². The van der Waals surface area contributed by atoms with Gasteiger partial charge in [0.05, 0.1) is 12.7 Å². The number of rotatable bonds is 6. The molecule has 1 aliphatic rings. The molecule has 1 atom stereocenters. The maximum absolute atomic E-state index is 10.9. The van der Waals surface area contributed by atoms with Gasteiger partial charge in [0, 0.05) is 6.04 Å². The lowest BCUT2D eigenvalue weighted by Gasteiger charge is -2.32. The molecule has 0 spiro atoms. The Bertz CT molecular complexity index is 238. The summed E-state index contributed by atoms with van der Waals surface area (Å²) < 4.78 is 5.87. The molecule has 0 aromatic carbocycles. The Morgan fingerprint density at radius 1 is 1.35 bits per heavy atom. The second-order valence-electron chi connectivity index (χ2n) is 5.68. The van der Waals surface area contributed by atoms with Gasteiger partial charge >= 0.3 is 0 Å². The van der Waals surface area contributed by atoms with Gasteiger partial charge in [0.15, 0.2) is 0 Å². The van der Waals surface area contributed by atoms with Gasteiger partial charge in [0.25, 0.3) is 0 Å². The molecule has 0 saturated heterocycles. The molecular formula is C13H26N2O2. The maximum Gasteiger partial charge on any atom is 0.125 e. The van der Waals surface area contributed by atoms with Crippen molar-refractivity contribution in [3.63, 3.8) is 0 Å². The molecule has 1 rings (SSSR count). The third-order valence-corrected chi connectivity index (χ3v) is 4.15. The van der Waals surface area contributed by atoms with Crippen LogP contribution in [0.1, 0.15) is 46.5 Å². The van der Waals surface area contributed by atoms with Crippen molar-refractivity contribution in [2.75, 3.05) is 13.7 Å². The lowest BCUT2D eigenvalue weighted by molar-refractivity contribution is -0.00959. The van der Waals surface area contributed by atoms with Crippen LogP contribution in [0.15, 0.2) is 5.18 Å². The fourth-order valence-electron chi connectivity index (χ4n) is 2.10. The molecular weight excluding hydrogens is 216 g/mol. The van der Waals surface area contributed by atoms with Crippen molar-refractivity contribution in [2.45, 2.75) is 64.1 Å². The van der Waals surface area contributed by atoms with E-state index in [1.807, 2.05) is 27.8 Å². The van der Waals surface area contributed by atoms with Crippen LogP contribution in [0.4, 0.5) is 0 Å². The summed E-state index contributed by atoms with van der Waals surface area (Å²) in [6.07, 6.45) is 4.79. The highest BCUT2D eigenvalue weighted by Crippen LogP contribution is 2.26. The van der Waals surface area contributed by atoms with Crippen molar-refractivity contribution < 1.29 is 4.74 Å². The number of nitrogens with zero attached hydrogens (tertiary/aromatic N) is 1. The smallest absolute Gasteiger partial charge is 0.125 e. The van der Waals surface area contributed by atoms with E-state index in [4.69, 9.17) is 4.74 Å². The Balaban J connectivity index is 2.34. The zero-order chi connectivity index (χ0) is 12.9. The first kappa shape index (κ1) is 14.6. The Morgan fingerprint density at radius 3 is 2.35 bits per heavy atom. The van der Waals surface area contributed by atoms with Crippen LogP contribution in [0.25, 0.3) is 0 Å². The standard InChI is InChI=1S/C13H26N2O2/c1-10(2)13(3,15-16)9-17-12-7-5-11(14-4)6-8-12/h10-12,14H,5-9H2,1-4H3. The summed E-state index contributed by atoms with van der Waals surface area (Å²) in [4.78, 5) is 10.9. The molecule has 0 radical (unpaired) electrons. The van der Waals surface area contributed by atoms with Crippen LogP contribution in [0, 0.1) is 10.8 Å². The number of hydrogen-bond donors (Lipinski definition) is 1. The van der Waals surface area contributed by atoms with Crippen LogP contribution in [0.3, 0.4) is 0 Å². The van der Waals surface area contributed by atoms with Gasteiger partial charge in [-0.2, -0.15) is 4.91 Å². The fraction of sp³-hybridized carbons (Fsp3) is 1.00. The summed E-state index contributed by atoms with van der Waals surface area (Å²) in [6.45, 7) is 6.36. The van der Waals surface area contributed by atoms with Crippen molar-refractivity contribution in [2.24, 2.45) is 11.1 Å². The maximum atomic E-state index is 10.9. The van der Waals surface area contributed by atoms with Crippen LogP contribution in [-0.2, 0) is 4.74 Å². The summed E-state index contributed by atoms with van der Waals surface area (Å²) in [7, 11) is 2.01. The largest absolute Gasteiger partial charge is 0.376 e. The molecule has 4 nitrogen and oxygen atoms in total. The van der Waals surface area contributed by atoms with E-state index in [-0.39, 0.29) is 5.92 Å². The molecule has 0 aromatic heterocycles. The van der Waals surface area contributed by atoms with Gasteiger partial charge in [-0.25, -0.2) is 0 Å². The lowest BCUT2D eigenvalue weighted by Crippen LogP contribution is -2.38. The van der Waals surface area contributed by atoms with Crippen LogP contribution in [0.5, 0.6) is 0 Å². The highest BCUT2D eigenvalue weighted by Gasteiger charge is 2.32. The first-order valence-electron chi connectivity index (χ1n) is 6.65. The molecule has 0 bridgehead atoms. The summed E-state index contributed by atoms with van der Waals surface area (Å²) >= 11 is 0. The van der Waals surface area contributed by atoms with Gasteiger partial charge in [-0.1, -0.05) is 19.0 Å². The van der Waals surface area contributed by atoms with Gasteiger partial charge < -0.3 is 10.1 Å². The van der Waals surface area contributed by atoms with E-state index < -0.39 is 5.54 Å². The van der Waals surface area contributed by atoms with E-state index in [2.05, 4.69) is 10.5 Å². The second kappa shape index (κ2) is 6.45. The van der Waals surface area contributed by atoms with Crippen molar-refractivity contribution in [1.82, 2.24) is 5.32 Å². The van der Waals surface area contributed by atoms with Gasteiger partial charge in [0.1, 0.15) is 5.54 Å². The van der Waals surface area contributed by atoms with E-state index in [1.165, 1.54) is 0 Å². The molecule has 4 heteroatoms. The molecule has 0 heterocycles. The summed E-state index contributed by atoms with van der Waals surface area (Å²) in [6, 6.07) is 0.635. The second-order valence-corrected chi connectivity index (χ2v) is 5.68. The van der Waals surface area contributed by atoms with Gasteiger partial charge in [-0.15, -0.1) is 0 Å². The molecule has 1 saturated carbocycles. The van der Waals surface area contributed by atoms with Gasteiger partial charge in [-0.05, 0) is 45.6 Å². The summed E-state index contributed by atoms with van der Waals surface area (Å²) in [5, 5.41) is 6.55. The molecule has 0 aliphatic heterocycles. The molecule has 1 fully saturated rings. The zero-order valence-electron chi connectivity index (χ0n) is 11.5. The van der Waals surface area contributed by atoms with E-state index in [1.54, 1.807) is 0 Å². The van der Waals surface area contributed by atoms with Crippen molar-refractivity contribution in [3.05, 3.63) is 4.91 Å². The molecule has 1 unspecified atom stereocenters. The summed E-state index contributed by atoms with van der Waals surface area (Å²) in [5.74, 6) is 0.216. The first-order chi connectivity index (χ1) is 8.01. The van der Waals surface area contributed by atoms with E-state index >= 15 is 0 Å². The fourth-order valence-corrected chi connectivity index (χ4v) is 2.10. The highest BCUT2D eigenvalue weighted by molar-refractivity contribution is 4.86. The van der Waals surface area contributed by atoms with Crippen LogP contribution < -0.4 is 5.32 Å². The van der Waals surface area contributed by atoms with Crippen LogP contribution in [0.2, 0.25) is 0 Å².